The maximum atomic E-state index is 11.6. The van der Waals surface area contributed by atoms with E-state index in [0.29, 0.717) is 12.8 Å². The second-order valence-electron chi connectivity index (χ2n) is 4.54. The second kappa shape index (κ2) is 3.91. The van der Waals surface area contributed by atoms with Crippen molar-refractivity contribution >= 4 is 5.97 Å². The molecule has 1 aromatic rings. The standard InChI is InChI=1S/C13H16O3/c1-9-11(14)7-8-13(9,12(15)16)10-5-3-2-4-6-10/h2-6,9,11,14H,7-8H2,1H3,(H,15,16)/t9-,11+,13-/m1/s1. The molecule has 1 aromatic carbocycles. The highest BCUT2D eigenvalue weighted by Gasteiger charge is 2.52. The highest BCUT2D eigenvalue weighted by molar-refractivity contribution is 5.82. The molecule has 3 heteroatoms. The van der Waals surface area contributed by atoms with E-state index in [2.05, 4.69) is 0 Å². The zero-order valence-corrected chi connectivity index (χ0v) is 9.26. The van der Waals surface area contributed by atoms with Gasteiger partial charge in [0.25, 0.3) is 0 Å². The number of aliphatic hydroxyl groups excluding tert-OH is 1. The Bertz CT molecular complexity index is 387. The van der Waals surface area contributed by atoms with E-state index in [4.69, 9.17) is 0 Å². The number of carboxylic acid groups (broad SMARTS) is 1. The van der Waals surface area contributed by atoms with Crippen molar-refractivity contribution in [3.63, 3.8) is 0 Å². The fourth-order valence-electron chi connectivity index (χ4n) is 2.75. The van der Waals surface area contributed by atoms with E-state index in [1.165, 1.54) is 0 Å². The SMILES string of the molecule is C[C@@H]1[C@@H](O)CC[C@]1(C(=O)O)c1ccccc1. The van der Waals surface area contributed by atoms with Gasteiger partial charge in [-0.25, -0.2) is 0 Å². The van der Waals surface area contributed by atoms with Crippen molar-refractivity contribution in [2.75, 3.05) is 0 Å². The minimum Gasteiger partial charge on any atom is -0.481 e. The Morgan fingerprint density at radius 2 is 2.00 bits per heavy atom. The molecule has 0 radical (unpaired) electrons. The van der Waals surface area contributed by atoms with Gasteiger partial charge in [0.2, 0.25) is 0 Å². The molecule has 0 aliphatic heterocycles. The van der Waals surface area contributed by atoms with Crippen LogP contribution in [-0.2, 0) is 10.2 Å². The lowest BCUT2D eigenvalue weighted by Crippen LogP contribution is -2.40. The van der Waals surface area contributed by atoms with Crippen molar-refractivity contribution < 1.29 is 15.0 Å². The summed E-state index contributed by atoms with van der Waals surface area (Å²) in [4.78, 5) is 11.6. The third-order valence-corrected chi connectivity index (χ3v) is 3.86. The lowest BCUT2D eigenvalue weighted by atomic mass is 9.72. The van der Waals surface area contributed by atoms with Crippen LogP contribution in [0.15, 0.2) is 30.3 Å². The predicted octanol–water partition coefficient (Wildman–Crippen LogP) is 1.80. The molecule has 1 saturated carbocycles. The van der Waals surface area contributed by atoms with E-state index in [-0.39, 0.29) is 5.92 Å². The van der Waals surface area contributed by atoms with Crippen molar-refractivity contribution in [1.82, 2.24) is 0 Å². The molecule has 0 unspecified atom stereocenters. The molecule has 0 amide bonds. The predicted molar refractivity (Wildman–Crippen MR) is 60.2 cm³/mol. The minimum atomic E-state index is -0.916. The maximum absolute atomic E-state index is 11.6. The van der Waals surface area contributed by atoms with Gasteiger partial charge in [-0.05, 0) is 18.4 Å². The van der Waals surface area contributed by atoms with E-state index in [0.717, 1.165) is 5.56 Å². The summed E-state index contributed by atoms with van der Waals surface area (Å²) in [7, 11) is 0. The Morgan fingerprint density at radius 3 is 2.44 bits per heavy atom. The second-order valence-corrected chi connectivity index (χ2v) is 4.54. The summed E-state index contributed by atoms with van der Waals surface area (Å²) in [5.41, 5.74) is -0.118. The number of benzene rings is 1. The molecule has 2 rings (SSSR count). The Balaban J connectivity index is 2.50. The van der Waals surface area contributed by atoms with Crippen molar-refractivity contribution in [1.29, 1.82) is 0 Å². The topological polar surface area (TPSA) is 57.5 Å². The number of hydrogen-bond donors (Lipinski definition) is 2. The first-order valence-corrected chi connectivity index (χ1v) is 5.56. The molecule has 0 saturated heterocycles. The molecule has 0 aromatic heterocycles. The van der Waals surface area contributed by atoms with Gasteiger partial charge in [0, 0.05) is 5.92 Å². The Kier molecular flexibility index (Phi) is 2.72. The number of aliphatic carboxylic acids is 1. The average Bonchev–Trinajstić information content (AvgIpc) is 2.59. The minimum absolute atomic E-state index is 0.243. The first-order valence-electron chi connectivity index (χ1n) is 5.56. The molecule has 2 N–H and O–H groups in total. The summed E-state index contributed by atoms with van der Waals surface area (Å²) in [6.45, 7) is 1.82. The van der Waals surface area contributed by atoms with Gasteiger partial charge in [0.1, 0.15) is 0 Å². The van der Waals surface area contributed by atoms with Crippen molar-refractivity contribution in [2.45, 2.75) is 31.3 Å². The molecule has 3 nitrogen and oxygen atoms in total. The van der Waals surface area contributed by atoms with Gasteiger partial charge < -0.3 is 10.2 Å². The van der Waals surface area contributed by atoms with Crippen LogP contribution in [0.25, 0.3) is 0 Å². The third kappa shape index (κ3) is 1.43. The maximum Gasteiger partial charge on any atom is 0.314 e. The highest BCUT2D eigenvalue weighted by atomic mass is 16.4. The summed E-state index contributed by atoms with van der Waals surface area (Å²) in [5, 5.41) is 19.3. The summed E-state index contributed by atoms with van der Waals surface area (Å²) in [6, 6.07) is 9.23. The van der Waals surface area contributed by atoms with E-state index in [9.17, 15) is 15.0 Å². The highest BCUT2D eigenvalue weighted by Crippen LogP contribution is 2.45. The smallest absolute Gasteiger partial charge is 0.314 e. The van der Waals surface area contributed by atoms with Crippen LogP contribution in [0.5, 0.6) is 0 Å². The summed E-state index contributed by atoms with van der Waals surface area (Å²) in [6.07, 6.45) is 0.549. The first-order chi connectivity index (χ1) is 7.59. The number of carbonyl (C=O) groups is 1. The lowest BCUT2D eigenvalue weighted by Gasteiger charge is -2.30. The van der Waals surface area contributed by atoms with E-state index in [1.807, 2.05) is 37.3 Å². The number of rotatable bonds is 2. The molecule has 1 aliphatic rings. The van der Waals surface area contributed by atoms with Gasteiger partial charge in [0.05, 0.1) is 11.5 Å². The molecule has 86 valence electrons. The van der Waals surface area contributed by atoms with Crippen LogP contribution in [0, 0.1) is 5.92 Å². The summed E-state index contributed by atoms with van der Waals surface area (Å²) >= 11 is 0. The fourth-order valence-corrected chi connectivity index (χ4v) is 2.75. The quantitative estimate of drug-likeness (QED) is 0.799. The summed E-state index contributed by atoms with van der Waals surface area (Å²) < 4.78 is 0. The van der Waals surface area contributed by atoms with Gasteiger partial charge in [-0.15, -0.1) is 0 Å². The molecule has 0 bridgehead atoms. The molecule has 16 heavy (non-hydrogen) atoms. The van der Waals surface area contributed by atoms with E-state index >= 15 is 0 Å². The third-order valence-electron chi connectivity index (χ3n) is 3.86. The lowest BCUT2D eigenvalue weighted by molar-refractivity contribution is -0.146. The molecular weight excluding hydrogens is 204 g/mol. The van der Waals surface area contributed by atoms with Crippen molar-refractivity contribution in [2.24, 2.45) is 5.92 Å². The van der Waals surface area contributed by atoms with Crippen molar-refractivity contribution in [3.8, 4) is 0 Å². The molecule has 1 fully saturated rings. The zero-order valence-electron chi connectivity index (χ0n) is 9.26. The molecule has 1 aliphatic carbocycles. The largest absolute Gasteiger partial charge is 0.481 e. The van der Waals surface area contributed by atoms with Crippen LogP contribution in [0.4, 0.5) is 0 Å². The van der Waals surface area contributed by atoms with Gasteiger partial charge in [-0.3, -0.25) is 4.79 Å². The van der Waals surface area contributed by atoms with Crippen LogP contribution >= 0.6 is 0 Å². The van der Waals surface area contributed by atoms with E-state index in [1.54, 1.807) is 0 Å². The summed E-state index contributed by atoms with van der Waals surface area (Å²) in [5.74, 6) is -1.07. The monoisotopic (exact) mass is 220 g/mol. The van der Waals surface area contributed by atoms with Crippen LogP contribution in [0.3, 0.4) is 0 Å². The van der Waals surface area contributed by atoms with Gasteiger partial charge >= 0.3 is 5.97 Å². The van der Waals surface area contributed by atoms with Crippen LogP contribution in [0.2, 0.25) is 0 Å². The van der Waals surface area contributed by atoms with Crippen LogP contribution in [-0.4, -0.2) is 22.3 Å². The van der Waals surface area contributed by atoms with Gasteiger partial charge in [-0.1, -0.05) is 37.3 Å². The Hall–Kier alpha value is -1.35. The van der Waals surface area contributed by atoms with Gasteiger partial charge in [-0.2, -0.15) is 0 Å². The van der Waals surface area contributed by atoms with E-state index < -0.39 is 17.5 Å². The molecule has 0 spiro atoms. The zero-order chi connectivity index (χ0) is 11.8. The number of hydrogen-bond acceptors (Lipinski definition) is 2. The first kappa shape index (κ1) is 11.1. The van der Waals surface area contributed by atoms with Crippen molar-refractivity contribution in [3.05, 3.63) is 35.9 Å². The number of carboxylic acids is 1. The Labute approximate surface area is 94.7 Å². The van der Waals surface area contributed by atoms with Gasteiger partial charge in [0.15, 0.2) is 0 Å². The van der Waals surface area contributed by atoms with Crippen LogP contribution < -0.4 is 0 Å². The van der Waals surface area contributed by atoms with Crippen LogP contribution in [0.1, 0.15) is 25.3 Å². The molecule has 3 atom stereocenters. The molecule has 0 heterocycles. The normalized spacial score (nSPS) is 33.9. The fraction of sp³-hybridized carbons (Fsp3) is 0.462. The Morgan fingerprint density at radius 1 is 1.38 bits per heavy atom. The molecular formula is C13H16O3. The number of aliphatic hydroxyl groups is 1. The average molecular weight is 220 g/mol.